The zero-order valence-electron chi connectivity index (χ0n) is 22.6. The minimum absolute atomic E-state index is 0.0727. The van der Waals surface area contributed by atoms with Crippen molar-refractivity contribution in [2.24, 2.45) is 0 Å². The van der Waals surface area contributed by atoms with Gasteiger partial charge in [0.1, 0.15) is 18.2 Å². The maximum absolute atomic E-state index is 12.7. The van der Waals surface area contributed by atoms with Gasteiger partial charge in [0.15, 0.2) is 0 Å². The zero-order chi connectivity index (χ0) is 28.4. The average molecular weight is 538 g/mol. The Morgan fingerprint density at radius 3 is 2.08 bits per heavy atom. The van der Waals surface area contributed by atoms with Crippen LogP contribution >= 0.6 is 0 Å². The molecule has 1 aliphatic carbocycles. The summed E-state index contributed by atoms with van der Waals surface area (Å²) in [7, 11) is 0. The predicted octanol–water partition coefficient (Wildman–Crippen LogP) is 6.33. The number of nitrogens with one attached hydrogen (secondary N) is 1. The molecule has 0 spiro atoms. The van der Waals surface area contributed by atoms with Crippen molar-refractivity contribution in [3.8, 4) is 11.1 Å². The molecule has 1 amide bonds. The summed E-state index contributed by atoms with van der Waals surface area (Å²) < 4.78 is 11.0. The van der Waals surface area contributed by atoms with E-state index < -0.39 is 29.7 Å². The Kier molecular flexibility index (Phi) is 7.30. The number of hydrogen-bond donors (Lipinski definition) is 2. The SMILES string of the molecule is CC(C)(C)OC(=O)c1ccc2cc(C[C@H](NC(=O)OCC3c4ccccc4-c4ccccc43)C(=O)O)ccc2c1. The lowest BCUT2D eigenvalue weighted by Crippen LogP contribution is -2.42. The molecule has 4 aromatic rings. The molecule has 0 radical (unpaired) electrons. The third kappa shape index (κ3) is 5.83. The minimum Gasteiger partial charge on any atom is -0.480 e. The van der Waals surface area contributed by atoms with Gasteiger partial charge in [-0.3, -0.25) is 0 Å². The summed E-state index contributed by atoms with van der Waals surface area (Å²) in [5.41, 5.74) is 4.96. The smallest absolute Gasteiger partial charge is 0.407 e. The van der Waals surface area contributed by atoms with Crippen molar-refractivity contribution in [1.29, 1.82) is 0 Å². The summed E-state index contributed by atoms with van der Waals surface area (Å²) in [6, 6.07) is 25.6. The molecule has 0 bridgehead atoms. The second-order valence-electron chi connectivity index (χ2n) is 11.0. The first-order valence-corrected chi connectivity index (χ1v) is 13.2. The van der Waals surface area contributed by atoms with E-state index >= 15 is 0 Å². The topological polar surface area (TPSA) is 102 Å². The van der Waals surface area contributed by atoms with Crippen molar-refractivity contribution in [2.45, 2.75) is 44.8 Å². The van der Waals surface area contributed by atoms with Crippen molar-refractivity contribution in [3.05, 3.63) is 107 Å². The molecule has 7 heteroatoms. The molecule has 1 atom stereocenters. The second-order valence-corrected chi connectivity index (χ2v) is 11.0. The van der Waals surface area contributed by atoms with E-state index in [2.05, 4.69) is 17.4 Å². The molecule has 2 N–H and O–H groups in total. The van der Waals surface area contributed by atoms with Gasteiger partial charge in [-0.1, -0.05) is 72.8 Å². The van der Waals surface area contributed by atoms with Gasteiger partial charge in [0, 0.05) is 12.3 Å². The van der Waals surface area contributed by atoms with Gasteiger partial charge >= 0.3 is 18.0 Å². The first-order chi connectivity index (χ1) is 19.1. The quantitative estimate of drug-likeness (QED) is 0.267. The molecule has 0 heterocycles. The first-order valence-electron chi connectivity index (χ1n) is 13.2. The van der Waals surface area contributed by atoms with E-state index in [0.29, 0.717) is 5.56 Å². The monoisotopic (exact) mass is 537 g/mol. The van der Waals surface area contributed by atoms with E-state index in [1.807, 2.05) is 69.3 Å². The summed E-state index contributed by atoms with van der Waals surface area (Å²) in [6.07, 6.45) is -0.708. The Bertz CT molecular complexity index is 1560. The molecule has 5 rings (SSSR count). The van der Waals surface area contributed by atoms with Crippen molar-refractivity contribution in [3.63, 3.8) is 0 Å². The van der Waals surface area contributed by atoms with Crippen LogP contribution < -0.4 is 5.32 Å². The van der Waals surface area contributed by atoms with Crippen LogP contribution in [0.15, 0.2) is 84.9 Å². The number of benzene rings is 4. The molecule has 0 unspecified atom stereocenters. The Balaban J connectivity index is 1.24. The molecule has 0 aliphatic heterocycles. The van der Waals surface area contributed by atoms with Gasteiger partial charge in [-0.2, -0.15) is 0 Å². The number of hydrogen-bond acceptors (Lipinski definition) is 5. The fraction of sp³-hybridized carbons (Fsp3) is 0.242. The standard InChI is InChI=1S/C33H31NO6/c1-33(2,3)40-31(37)23-15-14-21-16-20(12-13-22(21)18-23)17-29(30(35)36)34-32(38)39-19-28-26-10-6-4-8-24(26)25-9-5-7-11-27(25)28/h4-16,18,28-29H,17,19H2,1-3H3,(H,34,38)(H,35,36)/t29-/m0/s1. The summed E-state index contributed by atoms with van der Waals surface area (Å²) in [5.74, 6) is -1.68. The van der Waals surface area contributed by atoms with Gasteiger partial charge in [0.2, 0.25) is 0 Å². The van der Waals surface area contributed by atoms with Crippen LogP contribution in [0.3, 0.4) is 0 Å². The molecule has 204 valence electrons. The maximum atomic E-state index is 12.7. The van der Waals surface area contributed by atoms with Gasteiger partial charge in [-0.05, 0) is 71.5 Å². The number of ether oxygens (including phenoxy) is 2. The number of esters is 1. The molecule has 0 saturated carbocycles. The van der Waals surface area contributed by atoms with Gasteiger partial charge in [0.25, 0.3) is 0 Å². The van der Waals surface area contributed by atoms with E-state index in [-0.39, 0.29) is 18.9 Å². The third-order valence-electron chi connectivity index (χ3n) is 6.91. The predicted molar refractivity (Wildman–Crippen MR) is 152 cm³/mol. The highest BCUT2D eigenvalue weighted by atomic mass is 16.6. The number of rotatable bonds is 7. The summed E-state index contributed by atoms with van der Waals surface area (Å²) in [4.78, 5) is 37.1. The molecular weight excluding hydrogens is 506 g/mol. The molecule has 4 aromatic carbocycles. The lowest BCUT2D eigenvalue weighted by Gasteiger charge is -2.19. The molecule has 0 fully saturated rings. The summed E-state index contributed by atoms with van der Waals surface area (Å²) >= 11 is 0. The van der Waals surface area contributed by atoms with E-state index in [4.69, 9.17) is 9.47 Å². The number of amides is 1. The van der Waals surface area contributed by atoms with Crippen LogP contribution in [0.1, 0.15) is 53.7 Å². The molecule has 0 saturated heterocycles. The lowest BCUT2D eigenvalue weighted by atomic mass is 9.98. The van der Waals surface area contributed by atoms with Crippen LogP contribution in [0, 0.1) is 0 Å². The largest absolute Gasteiger partial charge is 0.480 e. The van der Waals surface area contributed by atoms with Crippen LogP contribution in [-0.2, 0) is 20.7 Å². The number of carbonyl (C=O) groups excluding carboxylic acids is 2. The van der Waals surface area contributed by atoms with Gasteiger partial charge in [-0.25, -0.2) is 14.4 Å². The molecule has 7 nitrogen and oxygen atoms in total. The van der Waals surface area contributed by atoms with Crippen LogP contribution in [0.5, 0.6) is 0 Å². The Morgan fingerprint density at radius 1 is 0.850 bits per heavy atom. The summed E-state index contributed by atoms with van der Waals surface area (Å²) in [5, 5.41) is 14.0. The van der Waals surface area contributed by atoms with E-state index in [0.717, 1.165) is 38.6 Å². The lowest BCUT2D eigenvalue weighted by molar-refractivity contribution is -0.139. The first kappa shape index (κ1) is 26.9. The van der Waals surface area contributed by atoms with Crippen LogP contribution in [0.4, 0.5) is 4.79 Å². The molecule has 0 aromatic heterocycles. The van der Waals surface area contributed by atoms with Crippen LogP contribution in [0.25, 0.3) is 21.9 Å². The average Bonchev–Trinajstić information content (AvgIpc) is 3.24. The van der Waals surface area contributed by atoms with Gasteiger partial charge < -0.3 is 19.9 Å². The van der Waals surface area contributed by atoms with Crippen molar-refractivity contribution in [2.75, 3.05) is 6.61 Å². The Morgan fingerprint density at radius 2 is 1.45 bits per heavy atom. The highest BCUT2D eigenvalue weighted by molar-refractivity contribution is 5.95. The van der Waals surface area contributed by atoms with Crippen LogP contribution in [-0.4, -0.2) is 41.4 Å². The highest BCUT2D eigenvalue weighted by Gasteiger charge is 2.30. The van der Waals surface area contributed by atoms with Crippen molar-refractivity contribution >= 4 is 28.8 Å². The Labute approximate surface area is 232 Å². The van der Waals surface area contributed by atoms with Crippen molar-refractivity contribution < 1.29 is 29.0 Å². The van der Waals surface area contributed by atoms with E-state index in [1.165, 1.54) is 0 Å². The number of fused-ring (bicyclic) bond motifs is 4. The number of carboxylic acid groups (broad SMARTS) is 1. The van der Waals surface area contributed by atoms with E-state index in [9.17, 15) is 19.5 Å². The van der Waals surface area contributed by atoms with Gasteiger partial charge in [-0.15, -0.1) is 0 Å². The fourth-order valence-electron chi connectivity index (χ4n) is 5.10. The normalized spacial score (nSPS) is 13.3. The fourth-order valence-corrected chi connectivity index (χ4v) is 5.10. The molecular formula is C33H31NO6. The minimum atomic E-state index is -1.17. The Hall–Kier alpha value is -4.65. The third-order valence-corrected chi connectivity index (χ3v) is 6.91. The number of carbonyl (C=O) groups is 3. The van der Waals surface area contributed by atoms with E-state index in [1.54, 1.807) is 24.3 Å². The maximum Gasteiger partial charge on any atom is 0.407 e. The zero-order valence-corrected chi connectivity index (χ0v) is 22.6. The number of carboxylic acids is 1. The summed E-state index contributed by atoms with van der Waals surface area (Å²) in [6.45, 7) is 5.54. The molecule has 1 aliphatic rings. The van der Waals surface area contributed by atoms with Crippen molar-refractivity contribution in [1.82, 2.24) is 5.32 Å². The second kappa shape index (κ2) is 10.8. The van der Waals surface area contributed by atoms with Gasteiger partial charge in [0.05, 0.1) is 5.56 Å². The number of aliphatic carboxylic acids is 1. The highest BCUT2D eigenvalue weighted by Crippen LogP contribution is 2.44. The number of alkyl carbamates (subject to hydrolysis) is 1. The van der Waals surface area contributed by atoms with Crippen LogP contribution in [0.2, 0.25) is 0 Å². The molecule has 40 heavy (non-hydrogen) atoms.